The number of ether oxygens (including phenoxy) is 4. The Morgan fingerprint density at radius 1 is 1.11 bits per heavy atom. The van der Waals surface area contributed by atoms with Gasteiger partial charge in [-0.15, -0.1) is 0 Å². The fourth-order valence-corrected chi connectivity index (χ4v) is 3.24. The number of carbonyl (C=O) groups is 1. The van der Waals surface area contributed by atoms with E-state index in [9.17, 15) is 4.79 Å². The smallest absolute Gasteiger partial charge is 0.283 e. The number of benzene rings is 2. The maximum Gasteiger partial charge on any atom is 0.283 e. The third-order valence-electron chi connectivity index (χ3n) is 4.77. The first-order chi connectivity index (χ1) is 13.6. The summed E-state index contributed by atoms with van der Waals surface area (Å²) in [6, 6.07) is 13.1. The Balaban J connectivity index is 1.48. The molecular formula is C21H21NO6. The van der Waals surface area contributed by atoms with E-state index in [1.807, 2.05) is 42.5 Å². The van der Waals surface area contributed by atoms with Crippen molar-refractivity contribution in [2.45, 2.75) is 31.8 Å². The number of rotatable bonds is 6. The minimum atomic E-state index is -0.633. The van der Waals surface area contributed by atoms with Crippen LogP contribution in [0.2, 0.25) is 0 Å². The van der Waals surface area contributed by atoms with Gasteiger partial charge in [-0.3, -0.25) is 4.79 Å². The molecule has 2 aromatic rings. The van der Waals surface area contributed by atoms with Crippen LogP contribution in [0.5, 0.6) is 11.5 Å². The van der Waals surface area contributed by atoms with Gasteiger partial charge in [0.25, 0.3) is 5.91 Å². The quantitative estimate of drug-likeness (QED) is 0.794. The summed E-state index contributed by atoms with van der Waals surface area (Å²) in [5.41, 5.74) is 8.18. The molecule has 0 bridgehead atoms. The van der Waals surface area contributed by atoms with Crippen LogP contribution < -0.4 is 15.2 Å². The third-order valence-corrected chi connectivity index (χ3v) is 4.77. The molecular weight excluding hydrogens is 362 g/mol. The highest BCUT2D eigenvalue weighted by molar-refractivity contribution is 5.90. The molecule has 2 aliphatic heterocycles. The van der Waals surface area contributed by atoms with E-state index in [1.54, 1.807) is 6.08 Å². The van der Waals surface area contributed by atoms with Gasteiger partial charge in [-0.2, -0.15) is 0 Å². The maximum atomic E-state index is 11.7. The van der Waals surface area contributed by atoms with Crippen molar-refractivity contribution in [2.75, 3.05) is 6.79 Å². The van der Waals surface area contributed by atoms with Crippen LogP contribution in [0, 0.1) is 0 Å². The molecule has 2 atom stereocenters. The van der Waals surface area contributed by atoms with E-state index >= 15 is 0 Å². The monoisotopic (exact) mass is 383 g/mol. The molecule has 0 spiro atoms. The highest BCUT2D eigenvalue weighted by Crippen LogP contribution is 2.38. The SMILES string of the molecule is NC(=O)C1=C[C@H](c2ccc3c(c2)OCO3)C[C@H](OCc2ccc(CO)cc2)O1. The summed E-state index contributed by atoms with van der Waals surface area (Å²) in [6.07, 6.45) is 1.64. The molecule has 28 heavy (non-hydrogen) atoms. The molecule has 0 radical (unpaired) electrons. The summed E-state index contributed by atoms with van der Waals surface area (Å²) >= 11 is 0. The summed E-state index contributed by atoms with van der Waals surface area (Å²) in [5, 5.41) is 9.12. The summed E-state index contributed by atoms with van der Waals surface area (Å²) in [6.45, 7) is 0.517. The number of allylic oxidation sites excluding steroid dienone is 1. The third kappa shape index (κ3) is 3.95. The van der Waals surface area contributed by atoms with Gasteiger partial charge >= 0.3 is 0 Å². The zero-order valence-electron chi connectivity index (χ0n) is 15.2. The number of primary amides is 1. The number of carbonyl (C=O) groups excluding carboxylic acids is 1. The number of fused-ring (bicyclic) bond motifs is 1. The average Bonchev–Trinajstić information content (AvgIpc) is 3.20. The molecule has 0 saturated heterocycles. The zero-order chi connectivity index (χ0) is 19.5. The normalized spacial score (nSPS) is 20.4. The Morgan fingerprint density at radius 3 is 2.61 bits per heavy atom. The average molecular weight is 383 g/mol. The topological polar surface area (TPSA) is 100 Å². The van der Waals surface area contributed by atoms with Crippen LogP contribution >= 0.6 is 0 Å². The van der Waals surface area contributed by atoms with Gasteiger partial charge in [-0.25, -0.2) is 0 Å². The van der Waals surface area contributed by atoms with Gasteiger partial charge in [-0.05, 0) is 34.9 Å². The van der Waals surface area contributed by atoms with Gasteiger partial charge in [0.15, 0.2) is 17.3 Å². The first-order valence-electron chi connectivity index (χ1n) is 9.00. The highest BCUT2D eigenvalue weighted by atomic mass is 16.7. The van der Waals surface area contributed by atoms with Crippen LogP contribution in [0.3, 0.4) is 0 Å². The van der Waals surface area contributed by atoms with Crippen LogP contribution in [-0.4, -0.2) is 24.1 Å². The molecule has 0 unspecified atom stereocenters. The van der Waals surface area contributed by atoms with Crippen molar-refractivity contribution in [1.29, 1.82) is 0 Å². The minimum absolute atomic E-state index is 0.00312. The second-order valence-corrected chi connectivity index (χ2v) is 6.68. The van der Waals surface area contributed by atoms with E-state index in [0.29, 0.717) is 24.5 Å². The molecule has 4 rings (SSSR count). The summed E-state index contributed by atoms with van der Waals surface area (Å²) in [7, 11) is 0. The predicted octanol–water partition coefficient (Wildman–Crippen LogP) is 2.32. The van der Waals surface area contributed by atoms with Crippen LogP contribution in [0.1, 0.15) is 29.0 Å². The first kappa shape index (κ1) is 18.3. The molecule has 0 aromatic heterocycles. The van der Waals surface area contributed by atoms with Gasteiger partial charge in [0.05, 0.1) is 13.2 Å². The molecule has 146 valence electrons. The van der Waals surface area contributed by atoms with Crippen LogP contribution in [-0.2, 0) is 27.5 Å². The summed E-state index contributed by atoms with van der Waals surface area (Å²) in [4.78, 5) is 11.7. The van der Waals surface area contributed by atoms with Crippen molar-refractivity contribution in [3.8, 4) is 11.5 Å². The number of aliphatic hydroxyl groups is 1. The van der Waals surface area contributed by atoms with E-state index in [-0.39, 0.29) is 25.1 Å². The number of hydrogen-bond donors (Lipinski definition) is 2. The van der Waals surface area contributed by atoms with Crippen molar-refractivity contribution < 1.29 is 28.8 Å². The molecule has 3 N–H and O–H groups in total. The number of amides is 1. The molecule has 0 fully saturated rings. The number of nitrogens with two attached hydrogens (primary N) is 1. The van der Waals surface area contributed by atoms with Gasteiger partial charge < -0.3 is 29.8 Å². The lowest BCUT2D eigenvalue weighted by Gasteiger charge is -2.28. The van der Waals surface area contributed by atoms with Crippen molar-refractivity contribution in [2.24, 2.45) is 5.73 Å². The second kappa shape index (κ2) is 7.92. The standard InChI is InChI=1S/C21H21NO6/c22-21(24)19-8-16(15-5-6-17-18(7-15)27-12-26-17)9-20(28-19)25-11-14-3-1-13(10-23)2-4-14/h1-8,16,20,23H,9-12H2,(H2,22,24)/t16-,20+/m0/s1. The molecule has 7 heteroatoms. The summed E-state index contributed by atoms with van der Waals surface area (Å²) < 4.78 is 22.3. The molecule has 0 saturated carbocycles. The Hall–Kier alpha value is -3.03. The van der Waals surface area contributed by atoms with E-state index in [1.165, 1.54) is 0 Å². The van der Waals surface area contributed by atoms with E-state index in [4.69, 9.17) is 29.8 Å². The van der Waals surface area contributed by atoms with E-state index < -0.39 is 12.2 Å². The van der Waals surface area contributed by atoms with Crippen molar-refractivity contribution >= 4 is 5.91 Å². The first-order valence-corrected chi connectivity index (χ1v) is 9.00. The van der Waals surface area contributed by atoms with E-state index in [2.05, 4.69) is 0 Å². The molecule has 0 aliphatic carbocycles. The largest absolute Gasteiger partial charge is 0.459 e. The van der Waals surface area contributed by atoms with E-state index in [0.717, 1.165) is 16.7 Å². The number of aliphatic hydroxyl groups excluding tert-OH is 1. The van der Waals surface area contributed by atoms with Gasteiger partial charge in [0.1, 0.15) is 0 Å². The fraction of sp³-hybridized carbons (Fsp3) is 0.286. The lowest BCUT2D eigenvalue weighted by atomic mass is 9.92. The molecule has 1 amide bonds. The van der Waals surface area contributed by atoms with Crippen molar-refractivity contribution in [1.82, 2.24) is 0 Å². The van der Waals surface area contributed by atoms with Crippen LogP contribution in [0.15, 0.2) is 54.3 Å². The highest BCUT2D eigenvalue weighted by Gasteiger charge is 2.29. The zero-order valence-corrected chi connectivity index (χ0v) is 15.2. The van der Waals surface area contributed by atoms with Gasteiger partial charge in [-0.1, -0.05) is 30.3 Å². The van der Waals surface area contributed by atoms with Crippen LogP contribution in [0.4, 0.5) is 0 Å². The Labute approximate surface area is 162 Å². The Kier molecular flexibility index (Phi) is 5.18. The lowest BCUT2D eigenvalue weighted by molar-refractivity contribution is -0.148. The lowest BCUT2D eigenvalue weighted by Crippen LogP contribution is -2.29. The van der Waals surface area contributed by atoms with Gasteiger partial charge in [0, 0.05) is 12.3 Å². The fourth-order valence-electron chi connectivity index (χ4n) is 3.24. The van der Waals surface area contributed by atoms with Crippen molar-refractivity contribution in [3.63, 3.8) is 0 Å². The maximum absolute atomic E-state index is 11.7. The van der Waals surface area contributed by atoms with Gasteiger partial charge in [0.2, 0.25) is 13.1 Å². The second-order valence-electron chi connectivity index (χ2n) is 6.68. The Bertz CT molecular complexity index is 892. The van der Waals surface area contributed by atoms with Crippen molar-refractivity contribution in [3.05, 3.63) is 71.0 Å². The number of hydrogen-bond acceptors (Lipinski definition) is 6. The predicted molar refractivity (Wildman–Crippen MR) is 99.2 cm³/mol. The molecule has 2 aromatic carbocycles. The van der Waals surface area contributed by atoms with Crippen LogP contribution in [0.25, 0.3) is 0 Å². The minimum Gasteiger partial charge on any atom is -0.459 e. The molecule has 2 aliphatic rings. The summed E-state index contributed by atoms with van der Waals surface area (Å²) in [5.74, 6) is 0.738. The Morgan fingerprint density at radius 2 is 1.86 bits per heavy atom. The molecule has 7 nitrogen and oxygen atoms in total. The molecule has 2 heterocycles.